The van der Waals surface area contributed by atoms with E-state index >= 15 is 0 Å². The van der Waals surface area contributed by atoms with Gasteiger partial charge in [-0.15, -0.1) is 0 Å². The van der Waals surface area contributed by atoms with Crippen molar-refractivity contribution in [3.63, 3.8) is 0 Å². The van der Waals surface area contributed by atoms with E-state index < -0.39 is 0 Å². The first-order valence-corrected chi connectivity index (χ1v) is 6.15. The van der Waals surface area contributed by atoms with Crippen molar-refractivity contribution in [2.45, 2.75) is 6.92 Å². The zero-order valence-electron chi connectivity index (χ0n) is 9.73. The van der Waals surface area contributed by atoms with E-state index in [1.807, 2.05) is 0 Å². The molecule has 0 radical (unpaired) electrons. The van der Waals surface area contributed by atoms with Crippen LogP contribution in [-0.2, 0) is 4.79 Å². The second kappa shape index (κ2) is 5.42. The average molecular weight is 280 g/mol. The molecule has 0 unspecified atom stereocenters. The van der Waals surface area contributed by atoms with Gasteiger partial charge in [0, 0.05) is 28.3 Å². The van der Waals surface area contributed by atoms with Crippen LogP contribution < -0.4 is 4.90 Å². The number of anilines is 2. The Balaban J connectivity index is 2.43. The Morgan fingerprint density at radius 2 is 1.17 bits per heavy atom. The summed E-state index contributed by atoms with van der Waals surface area (Å²) >= 11 is 11.7. The van der Waals surface area contributed by atoms with Crippen molar-refractivity contribution in [3.8, 4) is 0 Å². The van der Waals surface area contributed by atoms with Crippen LogP contribution in [0.2, 0.25) is 10.0 Å². The third kappa shape index (κ3) is 2.84. The summed E-state index contributed by atoms with van der Waals surface area (Å²) in [7, 11) is 0. The van der Waals surface area contributed by atoms with Crippen LogP contribution in [0.25, 0.3) is 0 Å². The van der Waals surface area contributed by atoms with Gasteiger partial charge >= 0.3 is 0 Å². The Bertz CT molecular complexity index is 504. The van der Waals surface area contributed by atoms with Gasteiger partial charge < -0.3 is 0 Å². The van der Waals surface area contributed by atoms with Crippen LogP contribution in [0.3, 0.4) is 0 Å². The first kappa shape index (κ1) is 12.9. The van der Waals surface area contributed by atoms with Crippen LogP contribution in [0.4, 0.5) is 11.4 Å². The highest BCUT2D eigenvalue weighted by Crippen LogP contribution is 2.27. The van der Waals surface area contributed by atoms with Crippen molar-refractivity contribution < 1.29 is 4.79 Å². The van der Waals surface area contributed by atoms with Crippen molar-refractivity contribution in [2.75, 3.05) is 4.90 Å². The summed E-state index contributed by atoms with van der Waals surface area (Å²) in [6.07, 6.45) is 0. The Labute approximate surface area is 116 Å². The molecule has 0 saturated carbocycles. The zero-order chi connectivity index (χ0) is 13.1. The maximum absolute atomic E-state index is 11.8. The lowest BCUT2D eigenvalue weighted by Crippen LogP contribution is -2.22. The van der Waals surface area contributed by atoms with Gasteiger partial charge in [0.15, 0.2) is 0 Å². The van der Waals surface area contributed by atoms with Crippen LogP contribution >= 0.6 is 23.2 Å². The van der Waals surface area contributed by atoms with E-state index in [1.165, 1.54) is 6.92 Å². The number of rotatable bonds is 2. The predicted octanol–water partition coefficient (Wildman–Crippen LogP) is 4.68. The van der Waals surface area contributed by atoms with Gasteiger partial charge in [-0.25, -0.2) is 0 Å². The molecule has 2 aromatic rings. The minimum absolute atomic E-state index is 0.0698. The second-order valence-electron chi connectivity index (χ2n) is 3.81. The van der Waals surface area contributed by atoms with E-state index in [-0.39, 0.29) is 5.91 Å². The molecule has 0 aliphatic heterocycles. The van der Waals surface area contributed by atoms with Crippen molar-refractivity contribution in [3.05, 3.63) is 58.6 Å². The first-order valence-electron chi connectivity index (χ1n) is 5.40. The van der Waals surface area contributed by atoms with Crippen molar-refractivity contribution >= 4 is 40.5 Å². The SMILES string of the molecule is CC(=O)N(c1ccc(Cl)cc1)c1ccc(Cl)cc1. The van der Waals surface area contributed by atoms with Gasteiger partial charge in [0.1, 0.15) is 0 Å². The molecule has 1 amide bonds. The number of nitrogens with zero attached hydrogens (tertiary/aromatic N) is 1. The molecule has 0 aliphatic carbocycles. The predicted molar refractivity (Wildman–Crippen MR) is 75.7 cm³/mol. The molecule has 0 bridgehead atoms. The third-order valence-electron chi connectivity index (χ3n) is 2.48. The van der Waals surface area contributed by atoms with Crippen molar-refractivity contribution in [1.82, 2.24) is 0 Å². The van der Waals surface area contributed by atoms with Gasteiger partial charge in [0.2, 0.25) is 5.91 Å². The Hall–Kier alpha value is -1.51. The summed E-state index contributed by atoms with van der Waals surface area (Å²) in [5.41, 5.74) is 1.54. The molecule has 2 nitrogen and oxygen atoms in total. The van der Waals surface area contributed by atoms with Crippen molar-refractivity contribution in [2.24, 2.45) is 0 Å². The van der Waals surface area contributed by atoms with E-state index in [0.717, 1.165) is 11.4 Å². The number of amides is 1. The summed E-state index contributed by atoms with van der Waals surface area (Å²) in [5, 5.41) is 1.27. The fourth-order valence-corrected chi connectivity index (χ4v) is 1.94. The molecule has 0 aromatic heterocycles. The van der Waals surface area contributed by atoms with E-state index in [1.54, 1.807) is 53.4 Å². The van der Waals surface area contributed by atoms with Crippen LogP contribution in [0.1, 0.15) is 6.92 Å². The molecule has 2 rings (SSSR count). The van der Waals surface area contributed by atoms with Gasteiger partial charge in [-0.3, -0.25) is 9.69 Å². The van der Waals surface area contributed by atoms with Crippen LogP contribution in [-0.4, -0.2) is 5.91 Å². The Morgan fingerprint density at radius 1 is 0.833 bits per heavy atom. The second-order valence-corrected chi connectivity index (χ2v) is 4.68. The molecule has 18 heavy (non-hydrogen) atoms. The van der Waals surface area contributed by atoms with E-state index in [2.05, 4.69) is 0 Å². The molecule has 0 atom stereocenters. The molecule has 0 heterocycles. The van der Waals surface area contributed by atoms with Crippen molar-refractivity contribution in [1.29, 1.82) is 0 Å². The highest BCUT2D eigenvalue weighted by Gasteiger charge is 2.13. The molecule has 0 aliphatic rings. The number of hydrogen-bond donors (Lipinski definition) is 0. The first-order chi connectivity index (χ1) is 8.58. The highest BCUT2D eigenvalue weighted by molar-refractivity contribution is 6.31. The molecule has 2 aromatic carbocycles. The number of benzene rings is 2. The largest absolute Gasteiger partial charge is 0.281 e. The number of hydrogen-bond acceptors (Lipinski definition) is 1. The molecule has 0 fully saturated rings. The molecular weight excluding hydrogens is 269 g/mol. The third-order valence-corrected chi connectivity index (χ3v) is 2.99. The maximum Gasteiger partial charge on any atom is 0.228 e. The summed E-state index contributed by atoms with van der Waals surface area (Å²) < 4.78 is 0. The smallest absolute Gasteiger partial charge is 0.228 e. The van der Waals surface area contributed by atoms with Crippen LogP contribution in [0.15, 0.2) is 48.5 Å². The summed E-state index contributed by atoms with van der Waals surface area (Å²) in [4.78, 5) is 13.4. The zero-order valence-corrected chi connectivity index (χ0v) is 11.2. The van der Waals surface area contributed by atoms with Gasteiger partial charge in [-0.05, 0) is 48.5 Å². The van der Waals surface area contributed by atoms with Gasteiger partial charge in [-0.2, -0.15) is 0 Å². The quantitative estimate of drug-likeness (QED) is 0.782. The number of carbonyl (C=O) groups excluding carboxylic acids is 1. The fourth-order valence-electron chi connectivity index (χ4n) is 1.69. The van der Waals surface area contributed by atoms with Crippen LogP contribution in [0.5, 0.6) is 0 Å². The monoisotopic (exact) mass is 279 g/mol. The lowest BCUT2D eigenvalue weighted by atomic mass is 10.2. The van der Waals surface area contributed by atoms with Crippen LogP contribution in [0, 0.1) is 0 Å². The lowest BCUT2D eigenvalue weighted by Gasteiger charge is -2.21. The Kier molecular flexibility index (Phi) is 3.90. The highest BCUT2D eigenvalue weighted by atomic mass is 35.5. The fraction of sp³-hybridized carbons (Fsp3) is 0.0714. The number of halogens is 2. The topological polar surface area (TPSA) is 20.3 Å². The summed E-state index contributed by atoms with van der Waals surface area (Å²) in [6.45, 7) is 1.52. The molecule has 0 N–H and O–H groups in total. The average Bonchev–Trinajstić information content (AvgIpc) is 2.34. The molecule has 0 spiro atoms. The molecule has 92 valence electrons. The summed E-state index contributed by atoms with van der Waals surface area (Å²) in [5.74, 6) is -0.0698. The molecular formula is C14H11Cl2NO. The molecule has 4 heteroatoms. The summed E-state index contributed by atoms with van der Waals surface area (Å²) in [6, 6.07) is 14.2. The minimum Gasteiger partial charge on any atom is -0.281 e. The van der Waals surface area contributed by atoms with Gasteiger partial charge in [0.05, 0.1) is 0 Å². The standard InChI is InChI=1S/C14H11Cl2NO/c1-10(18)17(13-6-2-11(15)3-7-13)14-8-4-12(16)5-9-14/h2-9H,1H3. The van der Waals surface area contributed by atoms with E-state index in [4.69, 9.17) is 23.2 Å². The lowest BCUT2D eigenvalue weighted by molar-refractivity contribution is -0.115. The normalized spacial score (nSPS) is 10.2. The molecule has 0 saturated heterocycles. The minimum atomic E-state index is -0.0698. The maximum atomic E-state index is 11.8. The van der Waals surface area contributed by atoms with E-state index in [0.29, 0.717) is 10.0 Å². The number of carbonyl (C=O) groups is 1. The van der Waals surface area contributed by atoms with Gasteiger partial charge in [-0.1, -0.05) is 23.2 Å². The van der Waals surface area contributed by atoms with Gasteiger partial charge in [0.25, 0.3) is 0 Å². The Morgan fingerprint density at radius 3 is 1.44 bits per heavy atom. The van der Waals surface area contributed by atoms with E-state index in [9.17, 15) is 4.79 Å².